The molecule has 1 heterocycles. The number of amides is 1. The fraction of sp³-hybridized carbons (Fsp3) is 0.462. The molecule has 0 bridgehead atoms. The van der Waals surface area contributed by atoms with Crippen molar-refractivity contribution in [2.75, 3.05) is 25.0 Å². The van der Waals surface area contributed by atoms with Crippen LogP contribution in [0.4, 0.5) is 5.69 Å². The summed E-state index contributed by atoms with van der Waals surface area (Å²) in [5.74, 6) is -0.0635. The van der Waals surface area contributed by atoms with Gasteiger partial charge in [0.2, 0.25) is 5.91 Å². The molecule has 4 nitrogen and oxygen atoms in total. The number of aliphatic hydroxyl groups is 1. The summed E-state index contributed by atoms with van der Waals surface area (Å²) in [6, 6.07) is 7.01. The molecule has 0 radical (unpaired) electrons. The van der Waals surface area contributed by atoms with Crippen LogP contribution in [-0.2, 0) is 4.79 Å². The van der Waals surface area contributed by atoms with Crippen LogP contribution in [0, 0.1) is 0 Å². The topological polar surface area (TPSA) is 52.6 Å². The average molecular weight is 269 g/mol. The number of carbonyl (C=O) groups excluding carboxylic acids is 1. The largest absolute Gasteiger partial charge is 0.392 e. The van der Waals surface area contributed by atoms with Crippen LogP contribution >= 0.6 is 11.6 Å². The van der Waals surface area contributed by atoms with Crippen molar-refractivity contribution < 1.29 is 9.90 Å². The fourth-order valence-electron chi connectivity index (χ4n) is 2.11. The van der Waals surface area contributed by atoms with Gasteiger partial charge in [-0.05, 0) is 43.7 Å². The van der Waals surface area contributed by atoms with Gasteiger partial charge in [0.1, 0.15) is 0 Å². The minimum absolute atomic E-state index is 0.0635. The highest BCUT2D eigenvalue weighted by atomic mass is 35.5. The molecule has 5 heteroatoms. The Balaban J connectivity index is 1.83. The summed E-state index contributed by atoms with van der Waals surface area (Å²) in [6.45, 7) is 1.76. The van der Waals surface area contributed by atoms with E-state index < -0.39 is 0 Å². The number of rotatable bonds is 3. The third kappa shape index (κ3) is 3.98. The van der Waals surface area contributed by atoms with E-state index in [1.807, 2.05) is 4.90 Å². The van der Waals surface area contributed by atoms with Crippen molar-refractivity contribution >= 4 is 23.2 Å². The summed E-state index contributed by atoms with van der Waals surface area (Å²) in [6.07, 6.45) is 1.46. The van der Waals surface area contributed by atoms with Gasteiger partial charge < -0.3 is 10.4 Å². The van der Waals surface area contributed by atoms with Crippen molar-refractivity contribution in [3.05, 3.63) is 29.3 Å². The Kier molecular flexibility index (Phi) is 4.58. The lowest BCUT2D eigenvalue weighted by atomic mass is 10.1. The van der Waals surface area contributed by atoms with Crippen LogP contribution in [-0.4, -0.2) is 41.7 Å². The molecule has 1 aliphatic rings. The Morgan fingerprint density at radius 1 is 1.44 bits per heavy atom. The van der Waals surface area contributed by atoms with Crippen molar-refractivity contribution in [3.8, 4) is 0 Å². The minimum Gasteiger partial charge on any atom is -0.392 e. The first kappa shape index (κ1) is 13.3. The molecule has 1 fully saturated rings. The van der Waals surface area contributed by atoms with Crippen LogP contribution in [0.5, 0.6) is 0 Å². The van der Waals surface area contributed by atoms with Gasteiger partial charge in [0.15, 0.2) is 0 Å². The van der Waals surface area contributed by atoms with Crippen molar-refractivity contribution in [1.82, 2.24) is 4.90 Å². The number of benzene rings is 1. The maximum atomic E-state index is 11.8. The molecule has 0 unspecified atom stereocenters. The molecule has 2 rings (SSSR count). The molecular formula is C13H17ClN2O2. The molecule has 2 N–H and O–H groups in total. The Morgan fingerprint density at radius 2 is 2.17 bits per heavy atom. The predicted octanol–water partition coefficient (Wildman–Crippen LogP) is 1.74. The van der Waals surface area contributed by atoms with Crippen LogP contribution in [0.2, 0.25) is 5.02 Å². The molecule has 1 aromatic carbocycles. The standard InChI is InChI=1S/C13H17ClN2O2/c14-10-3-5-11(6-4-10)15-13(18)9-16-7-1-2-12(17)8-16/h3-6,12,17H,1-2,7-9H2,(H,15,18)/t12-/m0/s1. The number of nitrogens with zero attached hydrogens (tertiary/aromatic N) is 1. The van der Waals surface area contributed by atoms with Crippen LogP contribution in [0.25, 0.3) is 0 Å². The summed E-state index contributed by atoms with van der Waals surface area (Å²) in [4.78, 5) is 13.8. The Morgan fingerprint density at radius 3 is 2.83 bits per heavy atom. The molecule has 98 valence electrons. The van der Waals surface area contributed by atoms with E-state index in [4.69, 9.17) is 11.6 Å². The molecule has 1 amide bonds. The minimum atomic E-state index is -0.304. The molecule has 1 saturated heterocycles. The number of aliphatic hydroxyl groups excluding tert-OH is 1. The Labute approximate surface area is 112 Å². The first-order chi connectivity index (χ1) is 8.63. The maximum Gasteiger partial charge on any atom is 0.238 e. The number of carbonyl (C=O) groups is 1. The summed E-state index contributed by atoms with van der Waals surface area (Å²) >= 11 is 5.77. The number of halogens is 1. The summed E-state index contributed by atoms with van der Waals surface area (Å²) < 4.78 is 0. The monoisotopic (exact) mass is 268 g/mol. The van der Waals surface area contributed by atoms with Gasteiger partial charge in [0.05, 0.1) is 12.6 Å². The molecule has 1 aliphatic heterocycles. The van der Waals surface area contributed by atoms with Gasteiger partial charge in [0, 0.05) is 17.3 Å². The highest BCUT2D eigenvalue weighted by Crippen LogP contribution is 2.14. The number of nitrogens with one attached hydrogen (secondary N) is 1. The summed E-state index contributed by atoms with van der Waals surface area (Å²) in [5.41, 5.74) is 0.738. The lowest BCUT2D eigenvalue weighted by Crippen LogP contribution is -2.42. The molecule has 1 atom stereocenters. The highest BCUT2D eigenvalue weighted by molar-refractivity contribution is 6.30. The van der Waals surface area contributed by atoms with E-state index in [1.54, 1.807) is 24.3 Å². The molecule has 0 saturated carbocycles. The second-order valence-corrected chi connectivity index (χ2v) is 5.02. The Hall–Kier alpha value is -1.10. The third-order valence-corrected chi connectivity index (χ3v) is 3.23. The maximum absolute atomic E-state index is 11.8. The first-order valence-corrected chi connectivity index (χ1v) is 6.47. The number of likely N-dealkylation sites (tertiary alicyclic amines) is 1. The number of hydrogen-bond acceptors (Lipinski definition) is 3. The number of hydrogen-bond donors (Lipinski definition) is 2. The van der Waals surface area contributed by atoms with Crippen LogP contribution in [0.1, 0.15) is 12.8 Å². The summed E-state index contributed by atoms with van der Waals surface area (Å²) in [5, 5.41) is 13.0. The van der Waals surface area contributed by atoms with Crippen LogP contribution < -0.4 is 5.32 Å². The van der Waals surface area contributed by atoms with Gasteiger partial charge >= 0.3 is 0 Å². The zero-order valence-electron chi connectivity index (χ0n) is 10.1. The van der Waals surface area contributed by atoms with Crippen molar-refractivity contribution in [2.24, 2.45) is 0 Å². The van der Waals surface area contributed by atoms with E-state index in [-0.39, 0.29) is 12.0 Å². The molecule has 1 aromatic rings. The zero-order chi connectivity index (χ0) is 13.0. The van der Waals surface area contributed by atoms with Gasteiger partial charge in [-0.25, -0.2) is 0 Å². The molecule has 0 aliphatic carbocycles. The van der Waals surface area contributed by atoms with E-state index >= 15 is 0 Å². The first-order valence-electron chi connectivity index (χ1n) is 6.09. The van der Waals surface area contributed by atoms with Crippen molar-refractivity contribution in [2.45, 2.75) is 18.9 Å². The second kappa shape index (κ2) is 6.18. The summed E-state index contributed by atoms with van der Waals surface area (Å²) in [7, 11) is 0. The van der Waals surface area contributed by atoms with E-state index in [9.17, 15) is 9.90 Å². The zero-order valence-corrected chi connectivity index (χ0v) is 10.9. The van der Waals surface area contributed by atoms with Crippen molar-refractivity contribution in [3.63, 3.8) is 0 Å². The van der Waals surface area contributed by atoms with E-state index in [0.29, 0.717) is 18.1 Å². The Bertz CT molecular complexity index is 408. The lowest BCUT2D eigenvalue weighted by molar-refractivity contribution is -0.118. The molecular weight excluding hydrogens is 252 g/mol. The predicted molar refractivity (Wildman–Crippen MR) is 71.8 cm³/mol. The van der Waals surface area contributed by atoms with Crippen molar-refractivity contribution in [1.29, 1.82) is 0 Å². The van der Waals surface area contributed by atoms with E-state index in [1.165, 1.54) is 0 Å². The van der Waals surface area contributed by atoms with Gasteiger partial charge in [0.25, 0.3) is 0 Å². The smallest absolute Gasteiger partial charge is 0.238 e. The van der Waals surface area contributed by atoms with Gasteiger partial charge in [-0.1, -0.05) is 11.6 Å². The number of β-amino-alcohol motifs (C(OH)–C–C–N with tert-alkyl or cyclic N) is 1. The molecule has 0 aromatic heterocycles. The number of piperidine rings is 1. The van der Waals surface area contributed by atoms with Gasteiger partial charge in [-0.3, -0.25) is 9.69 Å². The third-order valence-electron chi connectivity index (χ3n) is 2.98. The number of anilines is 1. The molecule has 0 spiro atoms. The van der Waals surface area contributed by atoms with Gasteiger partial charge in [-0.15, -0.1) is 0 Å². The van der Waals surface area contributed by atoms with Crippen LogP contribution in [0.15, 0.2) is 24.3 Å². The SMILES string of the molecule is O=C(CN1CCC[C@H](O)C1)Nc1ccc(Cl)cc1. The van der Waals surface area contributed by atoms with E-state index in [2.05, 4.69) is 5.32 Å². The normalized spacial score (nSPS) is 20.7. The fourth-order valence-corrected chi connectivity index (χ4v) is 2.24. The second-order valence-electron chi connectivity index (χ2n) is 4.59. The van der Waals surface area contributed by atoms with E-state index in [0.717, 1.165) is 25.1 Å². The molecule has 18 heavy (non-hydrogen) atoms. The lowest BCUT2D eigenvalue weighted by Gasteiger charge is -2.29. The van der Waals surface area contributed by atoms with Crippen LogP contribution in [0.3, 0.4) is 0 Å². The average Bonchev–Trinajstić information content (AvgIpc) is 2.32. The quantitative estimate of drug-likeness (QED) is 0.878. The van der Waals surface area contributed by atoms with Gasteiger partial charge in [-0.2, -0.15) is 0 Å². The highest BCUT2D eigenvalue weighted by Gasteiger charge is 2.19.